The molecule has 0 heterocycles. The van der Waals surface area contributed by atoms with Crippen LogP contribution >= 0.6 is 23.2 Å². The van der Waals surface area contributed by atoms with Gasteiger partial charge in [0.05, 0.1) is 10.7 Å². The molecule has 0 saturated heterocycles. The van der Waals surface area contributed by atoms with Crippen LogP contribution < -0.4 is 15.4 Å². The van der Waals surface area contributed by atoms with E-state index in [-0.39, 0.29) is 11.4 Å². The number of hydrogen-bond acceptors (Lipinski definition) is 4. The van der Waals surface area contributed by atoms with Crippen LogP contribution in [0.2, 0.25) is 10.0 Å². The molecule has 0 atom stereocenters. The van der Waals surface area contributed by atoms with Crippen molar-refractivity contribution in [3.63, 3.8) is 0 Å². The van der Waals surface area contributed by atoms with Gasteiger partial charge in [0, 0.05) is 23.5 Å². The molecule has 0 aromatic heterocycles. The average molecular weight is 507 g/mol. The van der Waals surface area contributed by atoms with Crippen molar-refractivity contribution in [2.24, 2.45) is 0 Å². The van der Waals surface area contributed by atoms with Crippen molar-refractivity contribution in [1.82, 2.24) is 5.32 Å². The molecule has 34 heavy (non-hydrogen) atoms. The van der Waals surface area contributed by atoms with Crippen molar-refractivity contribution in [1.29, 1.82) is 0 Å². The number of amides is 1. The zero-order valence-corrected chi connectivity index (χ0v) is 21.4. The summed E-state index contributed by atoms with van der Waals surface area (Å²) in [5.41, 5.74) is 0.857. The molecule has 6 nitrogen and oxygen atoms in total. The normalized spacial score (nSPS) is 15.6. The van der Waals surface area contributed by atoms with E-state index >= 15 is 0 Å². The monoisotopic (exact) mass is 506 g/mol. The highest BCUT2D eigenvalue weighted by Crippen LogP contribution is 2.33. The number of halogens is 2. The summed E-state index contributed by atoms with van der Waals surface area (Å²) in [7, 11) is 0. The number of carboxylic acid groups (broad SMARTS) is 1. The summed E-state index contributed by atoms with van der Waals surface area (Å²) in [5, 5.41) is 16.8. The van der Waals surface area contributed by atoms with E-state index in [2.05, 4.69) is 10.6 Å². The maximum atomic E-state index is 12.9. The Hall–Kier alpha value is -2.28. The zero-order chi connectivity index (χ0) is 24.9. The van der Waals surface area contributed by atoms with E-state index in [0.717, 1.165) is 36.8 Å². The second-order valence-corrected chi connectivity index (χ2v) is 10.4. The van der Waals surface area contributed by atoms with Crippen molar-refractivity contribution >= 4 is 40.8 Å². The average Bonchev–Trinajstić information content (AvgIpc) is 2.76. The van der Waals surface area contributed by atoms with Gasteiger partial charge < -0.3 is 20.5 Å². The molecule has 184 valence electrons. The Morgan fingerprint density at radius 3 is 2.41 bits per heavy atom. The molecule has 1 aliphatic rings. The van der Waals surface area contributed by atoms with Crippen molar-refractivity contribution in [2.75, 3.05) is 5.32 Å². The maximum Gasteiger partial charge on any atom is 0.347 e. The molecule has 1 saturated carbocycles. The molecule has 0 unspecified atom stereocenters. The van der Waals surface area contributed by atoms with Gasteiger partial charge in [-0.2, -0.15) is 0 Å². The molecular weight excluding hydrogens is 475 g/mol. The number of aliphatic carboxylic acids is 1. The minimum Gasteiger partial charge on any atom is -0.478 e. The first-order valence-electron chi connectivity index (χ1n) is 11.5. The molecule has 3 rings (SSSR count). The van der Waals surface area contributed by atoms with E-state index in [1.54, 1.807) is 24.3 Å². The fraction of sp³-hybridized carbons (Fsp3) is 0.462. The topological polar surface area (TPSA) is 87.7 Å². The van der Waals surface area contributed by atoms with Gasteiger partial charge in [0.15, 0.2) is 5.60 Å². The lowest BCUT2D eigenvalue weighted by atomic mass is 9.79. The number of nitrogens with one attached hydrogen (secondary N) is 2. The number of carboxylic acids is 1. The van der Waals surface area contributed by atoms with E-state index in [1.807, 2.05) is 19.1 Å². The minimum atomic E-state index is -1.31. The minimum absolute atomic E-state index is 0.0885. The summed E-state index contributed by atoms with van der Waals surface area (Å²) in [6, 6.07) is 10.7. The molecule has 2 aromatic rings. The van der Waals surface area contributed by atoms with E-state index in [1.165, 1.54) is 20.3 Å². The first-order chi connectivity index (χ1) is 16.0. The van der Waals surface area contributed by atoms with Crippen LogP contribution in [0.3, 0.4) is 0 Å². The Morgan fingerprint density at radius 2 is 1.79 bits per heavy atom. The Morgan fingerprint density at radius 1 is 1.09 bits per heavy atom. The maximum absolute atomic E-state index is 12.9. The third kappa shape index (κ3) is 6.87. The lowest BCUT2D eigenvalue weighted by Gasteiger charge is -2.38. The lowest BCUT2D eigenvalue weighted by molar-refractivity contribution is -0.152. The zero-order valence-electron chi connectivity index (χ0n) is 19.8. The van der Waals surface area contributed by atoms with E-state index in [0.29, 0.717) is 34.4 Å². The van der Waals surface area contributed by atoms with Gasteiger partial charge in [-0.3, -0.25) is 4.79 Å². The van der Waals surface area contributed by atoms with E-state index in [9.17, 15) is 14.7 Å². The summed E-state index contributed by atoms with van der Waals surface area (Å²) >= 11 is 12.2. The van der Waals surface area contributed by atoms with Crippen LogP contribution in [0.4, 0.5) is 5.69 Å². The number of hydrogen-bond donors (Lipinski definition) is 3. The SMILES string of the molecule is Cc1cc(CNC2(CC(=O)Nc3ccc(Cl)cc3Cl)CCCCC2)ccc1OC(C)(C)C(=O)O. The van der Waals surface area contributed by atoms with Crippen molar-refractivity contribution in [2.45, 2.75) is 77.0 Å². The Balaban J connectivity index is 1.67. The fourth-order valence-electron chi connectivity index (χ4n) is 4.28. The Kier molecular flexibility index (Phi) is 8.50. The summed E-state index contributed by atoms with van der Waals surface area (Å²) < 4.78 is 5.70. The summed E-state index contributed by atoms with van der Waals surface area (Å²) in [6.07, 6.45) is 5.48. The number of carbonyl (C=O) groups excluding carboxylic acids is 1. The van der Waals surface area contributed by atoms with Gasteiger partial charge in [0.2, 0.25) is 5.91 Å². The number of anilines is 1. The molecule has 0 bridgehead atoms. The Labute approximate surface area is 211 Å². The van der Waals surface area contributed by atoms with Crippen LogP contribution in [0, 0.1) is 6.92 Å². The lowest BCUT2D eigenvalue weighted by Crippen LogP contribution is -2.48. The van der Waals surface area contributed by atoms with Crippen LogP contribution in [-0.2, 0) is 16.1 Å². The van der Waals surface area contributed by atoms with Crippen LogP contribution in [0.15, 0.2) is 36.4 Å². The largest absolute Gasteiger partial charge is 0.478 e. The van der Waals surface area contributed by atoms with Crippen LogP contribution in [0.1, 0.15) is 63.5 Å². The van der Waals surface area contributed by atoms with Crippen LogP contribution in [0.25, 0.3) is 0 Å². The number of rotatable bonds is 9. The van der Waals surface area contributed by atoms with E-state index < -0.39 is 11.6 Å². The first kappa shape index (κ1) is 26.3. The smallest absolute Gasteiger partial charge is 0.347 e. The molecule has 2 aromatic carbocycles. The standard InChI is InChI=1S/C26H32Cl2N2O4/c1-17-13-18(7-10-22(17)34-25(2,3)24(32)33)16-29-26(11-5-4-6-12-26)15-23(31)30-21-9-8-19(27)14-20(21)28/h7-10,13-14,29H,4-6,11-12,15-16H2,1-3H3,(H,30,31)(H,32,33). The summed E-state index contributed by atoms with van der Waals surface area (Å²) in [5.74, 6) is -0.563. The second kappa shape index (κ2) is 11.0. The molecule has 1 aliphatic carbocycles. The van der Waals surface area contributed by atoms with Gasteiger partial charge in [-0.25, -0.2) is 4.79 Å². The highest BCUT2D eigenvalue weighted by Gasteiger charge is 2.34. The second-order valence-electron chi connectivity index (χ2n) is 9.56. The molecule has 3 N–H and O–H groups in total. The predicted octanol–water partition coefficient (Wildman–Crippen LogP) is 6.37. The van der Waals surface area contributed by atoms with Crippen LogP contribution in [-0.4, -0.2) is 28.1 Å². The predicted molar refractivity (Wildman–Crippen MR) is 136 cm³/mol. The number of ether oxygens (including phenoxy) is 1. The van der Waals surface area contributed by atoms with E-state index in [4.69, 9.17) is 27.9 Å². The fourth-order valence-corrected chi connectivity index (χ4v) is 4.74. The molecule has 0 spiro atoms. The summed E-state index contributed by atoms with van der Waals surface area (Å²) in [6.45, 7) is 5.55. The third-order valence-electron chi connectivity index (χ3n) is 6.30. The highest BCUT2D eigenvalue weighted by atomic mass is 35.5. The van der Waals surface area contributed by atoms with Crippen molar-refractivity contribution in [3.05, 3.63) is 57.6 Å². The molecule has 0 radical (unpaired) electrons. The van der Waals surface area contributed by atoms with Gasteiger partial charge in [-0.05, 0) is 69.0 Å². The van der Waals surface area contributed by atoms with Crippen LogP contribution in [0.5, 0.6) is 5.75 Å². The van der Waals surface area contributed by atoms with Crippen molar-refractivity contribution < 1.29 is 19.4 Å². The van der Waals surface area contributed by atoms with Gasteiger partial charge >= 0.3 is 5.97 Å². The molecule has 1 fully saturated rings. The number of benzene rings is 2. The van der Waals surface area contributed by atoms with Gasteiger partial charge in [0.1, 0.15) is 5.75 Å². The quantitative estimate of drug-likeness (QED) is 0.367. The van der Waals surface area contributed by atoms with Gasteiger partial charge in [-0.1, -0.05) is 54.6 Å². The van der Waals surface area contributed by atoms with Gasteiger partial charge in [-0.15, -0.1) is 0 Å². The summed E-state index contributed by atoms with van der Waals surface area (Å²) in [4.78, 5) is 24.3. The highest BCUT2D eigenvalue weighted by molar-refractivity contribution is 6.36. The Bertz CT molecular complexity index is 1050. The molecular formula is C26H32Cl2N2O4. The number of aryl methyl sites for hydroxylation is 1. The molecule has 0 aliphatic heterocycles. The first-order valence-corrected chi connectivity index (χ1v) is 12.3. The van der Waals surface area contributed by atoms with Crippen molar-refractivity contribution in [3.8, 4) is 5.75 Å². The van der Waals surface area contributed by atoms with Gasteiger partial charge in [0.25, 0.3) is 0 Å². The molecule has 1 amide bonds. The third-order valence-corrected chi connectivity index (χ3v) is 6.85. The number of carbonyl (C=O) groups is 2. The molecule has 8 heteroatoms.